The summed E-state index contributed by atoms with van der Waals surface area (Å²) in [4.78, 5) is 25.4. The number of carbonyl (C=O) groups is 2. The molecule has 0 radical (unpaired) electrons. The van der Waals surface area contributed by atoms with Crippen molar-refractivity contribution >= 4 is 56.5 Å². The molecule has 124 valence electrons. The second-order valence-electron chi connectivity index (χ2n) is 7.24. The first-order chi connectivity index (χ1) is 10.6. The number of amides is 1. The molecule has 23 heavy (non-hydrogen) atoms. The summed E-state index contributed by atoms with van der Waals surface area (Å²) in [7, 11) is 0. The Hall–Kier alpha value is -0.580. The van der Waals surface area contributed by atoms with E-state index in [4.69, 9.17) is 23.2 Å². The minimum atomic E-state index is -0.759. The fourth-order valence-corrected chi connectivity index (χ4v) is 6.08. The number of anilines is 1. The van der Waals surface area contributed by atoms with E-state index in [0.29, 0.717) is 22.2 Å². The summed E-state index contributed by atoms with van der Waals surface area (Å²) in [5.41, 5.74) is -1.07. The molecule has 1 aromatic rings. The van der Waals surface area contributed by atoms with Crippen LogP contribution in [-0.4, -0.2) is 16.5 Å². The number of Topliss-reactive ketones (excluding diaryl/α,β-unsaturated/α-hetero) is 1. The van der Waals surface area contributed by atoms with Gasteiger partial charge in [-0.1, -0.05) is 59.9 Å². The van der Waals surface area contributed by atoms with Crippen molar-refractivity contribution in [1.82, 2.24) is 0 Å². The predicted octanol–water partition coefficient (Wildman–Crippen LogP) is 5.09. The SMILES string of the molecule is CC1(C)[C@]2(C(=O)Nc3ccc(Cl)c(Cl)c3)CC[C@]1(C)C(=O)[C@H]2Br. The zero-order valence-corrected chi connectivity index (χ0v) is 16.3. The molecule has 0 saturated heterocycles. The van der Waals surface area contributed by atoms with Gasteiger partial charge in [-0.25, -0.2) is 0 Å². The molecule has 2 bridgehead atoms. The van der Waals surface area contributed by atoms with Crippen LogP contribution in [0.15, 0.2) is 18.2 Å². The maximum atomic E-state index is 13.1. The van der Waals surface area contributed by atoms with Crippen LogP contribution >= 0.6 is 39.1 Å². The van der Waals surface area contributed by atoms with Gasteiger partial charge < -0.3 is 5.32 Å². The van der Waals surface area contributed by atoms with Crippen molar-refractivity contribution in [2.75, 3.05) is 5.32 Å². The highest BCUT2D eigenvalue weighted by Gasteiger charge is 2.76. The summed E-state index contributed by atoms with van der Waals surface area (Å²) in [5.74, 6) is -0.0182. The molecule has 2 fully saturated rings. The highest BCUT2D eigenvalue weighted by molar-refractivity contribution is 9.10. The summed E-state index contributed by atoms with van der Waals surface area (Å²) in [6.45, 7) is 6.02. The monoisotopic (exact) mass is 417 g/mol. The summed E-state index contributed by atoms with van der Waals surface area (Å²) >= 11 is 15.4. The Morgan fingerprint density at radius 2 is 1.87 bits per heavy atom. The molecular weight excluding hydrogens is 401 g/mol. The molecule has 2 aliphatic carbocycles. The first-order valence-corrected chi connectivity index (χ1v) is 9.20. The van der Waals surface area contributed by atoms with Gasteiger partial charge in [0.15, 0.2) is 5.78 Å². The van der Waals surface area contributed by atoms with Gasteiger partial charge in [0.25, 0.3) is 0 Å². The van der Waals surface area contributed by atoms with Crippen LogP contribution in [0.25, 0.3) is 0 Å². The molecule has 0 aromatic heterocycles. The Morgan fingerprint density at radius 3 is 2.39 bits per heavy atom. The first kappa shape index (κ1) is 17.2. The number of ketones is 1. The molecule has 0 unspecified atom stereocenters. The van der Waals surface area contributed by atoms with Gasteiger partial charge in [0, 0.05) is 11.1 Å². The minimum Gasteiger partial charge on any atom is -0.325 e. The quantitative estimate of drug-likeness (QED) is 0.679. The standard InChI is InChI=1S/C17H18BrCl2NO2/c1-15(2)16(3)6-7-17(15,12(18)13(16)22)14(23)21-9-4-5-10(19)11(20)8-9/h4-5,8,12H,6-7H2,1-3H3,(H,21,23)/t12-,16-,17-/m1/s1. The van der Waals surface area contributed by atoms with E-state index in [2.05, 4.69) is 21.2 Å². The van der Waals surface area contributed by atoms with Crippen LogP contribution in [0.1, 0.15) is 33.6 Å². The van der Waals surface area contributed by atoms with Gasteiger partial charge in [0.05, 0.1) is 20.3 Å². The molecule has 1 aromatic carbocycles. The van der Waals surface area contributed by atoms with E-state index < -0.39 is 21.1 Å². The van der Waals surface area contributed by atoms with Crippen molar-refractivity contribution in [2.45, 2.75) is 38.4 Å². The van der Waals surface area contributed by atoms with Crippen molar-refractivity contribution in [1.29, 1.82) is 0 Å². The number of nitrogens with one attached hydrogen (secondary N) is 1. The summed E-state index contributed by atoms with van der Waals surface area (Å²) < 4.78 is 0. The van der Waals surface area contributed by atoms with Crippen LogP contribution in [0.2, 0.25) is 10.0 Å². The van der Waals surface area contributed by atoms with Gasteiger partial charge in [-0.05, 0) is 36.5 Å². The lowest BCUT2D eigenvalue weighted by Crippen LogP contribution is -2.47. The molecule has 3 nitrogen and oxygen atoms in total. The summed E-state index contributed by atoms with van der Waals surface area (Å²) in [5, 5.41) is 3.75. The van der Waals surface area contributed by atoms with Crippen LogP contribution in [0, 0.1) is 16.2 Å². The second kappa shape index (κ2) is 5.21. The molecule has 3 atom stereocenters. The molecular formula is C17H18BrCl2NO2. The van der Waals surface area contributed by atoms with E-state index >= 15 is 0 Å². The van der Waals surface area contributed by atoms with Crippen LogP contribution in [0.4, 0.5) is 5.69 Å². The molecule has 2 aliphatic rings. The van der Waals surface area contributed by atoms with Crippen molar-refractivity contribution < 1.29 is 9.59 Å². The maximum Gasteiger partial charge on any atom is 0.232 e. The van der Waals surface area contributed by atoms with E-state index in [1.165, 1.54) is 0 Å². The average Bonchev–Trinajstić information content (AvgIpc) is 2.75. The highest BCUT2D eigenvalue weighted by atomic mass is 79.9. The fraction of sp³-hybridized carbons (Fsp3) is 0.529. The van der Waals surface area contributed by atoms with E-state index in [9.17, 15) is 9.59 Å². The Morgan fingerprint density at radius 1 is 1.22 bits per heavy atom. The van der Waals surface area contributed by atoms with Crippen molar-refractivity contribution in [2.24, 2.45) is 16.2 Å². The first-order valence-electron chi connectivity index (χ1n) is 7.53. The summed E-state index contributed by atoms with van der Waals surface area (Å²) in [6.07, 6.45) is 1.42. The third-order valence-corrected chi connectivity index (χ3v) is 8.24. The Labute approximate surface area is 154 Å². The lowest BCUT2D eigenvalue weighted by molar-refractivity contribution is -0.130. The topological polar surface area (TPSA) is 46.2 Å². The van der Waals surface area contributed by atoms with Crippen LogP contribution in [0.5, 0.6) is 0 Å². The van der Waals surface area contributed by atoms with Crippen LogP contribution in [0.3, 0.4) is 0 Å². The molecule has 1 N–H and O–H groups in total. The zero-order valence-electron chi connectivity index (χ0n) is 13.2. The molecule has 0 aliphatic heterocycles. The number of alkyl halides is 1. The molecule has 3 rings (SSSR count). The number of carbonyl (C=O) groups excluding carboxylic acids is 2. The number of benzene rings is 1. The Kier molecular flexibility index (Phi) is 3.90. The number of rotatable bonds is 2. The molecule has 0 spiro atoms. The van der Waals surface area contributed by atoms with Crippen LogP contribution in [-0.2, 0) is 9.59 Å². The van der Waals surface area contributed by atoms with Crippen molar-refractivity contribution in [3.63, 3.8) is 0 Å². The molecule has 6 heteroatoms. The number of halogens is 3. The summed E-state index contributed by atoms with van der Waals surface area (Å²) in [6, 6.07) is 4.98. The number of fused-ring (bicyclic) bond motifs is 2. The Bertz CT molecular complexity index is 721. The molecule has 2 saturated carbocycles. The number of hydrogen-bond acceptors (Lipinski definition) is 2. The minimum absolute atomic E-state index is 0.123. The average molecular weight is 419 g/mol. The molecule has 1 amide bonds. The van der Waals surface area contributed by atoms with Gasteiger partial charge in [0.1, 0.15) is 0 Å². The lowest BCUT2D eigenvalue weighted by Gasteiger charge is -2.39. The van der Waals surface area contributed by atoms with Crippen molar-refractivity contribution in [3.8, 4) is 0 Å². The van der Waals surface area contributed by atoms with Gasteiger partial charge in [-0.15, -0.1) is 0 Å². The third kappa shape index (κ3) is 2.01. The highest BCUT2D eigenvalue weighted by Crippen LogP contribution is 2.72. The van der Waals surface area contributed by atoms with Crippen LogP contribution < -0.4 is 5.32 Å². The Balaban J connectivity index is 1.98. The zero-order chi connectivity index (χ0) is 17.2. The predicted molar refractivity (Wildman–Crippen MR) is 96.4 cm³/mol. The van der Waals surface area contributed by atoms with Gasteiger partial charge in [-0.2, -0.15) is 0 Å². The van der Waals surface area contributed by atoms with Crippen molar-refractivity contribution in [3.05, 3.63) is 28.2 Å². The van der Waals surface area contributed by atoms with E-state index in [1.807, 2.05) is 20.8 Å². The third-order valence-electron chi connectivity index (χ3n) is 6.30. The maximum absolute atomic E-state index is 13.1. The van der Waals surface area contributed by atoms with E-state index in [1.54, 1.807) is 18.2 Å². The second-order valence-corrected chi connectivity index (χ2v) is 8.97. The van der Waals surface area contributed by atoms with Gasteiger partial charge in [0.2, 0.25) is 5.91 Å². The van der Waals surface area contributed by atoms with Gasteiger partial charge >= 0.3 is 0 Å². The lowest BCUT2D eigenvalue weighted by atomic mass is 9.64. The smallest absolute Gasteiger partial charge is 0.232 e. The largest absolute Gasteiger partial charge is 0.325 e. The number of hydrogen-bond donors (Lipinski definition) is 1. The van der Waals surface area contributed by atoms with Gasteiger partial charge in [-0.3, -0.25) is 9.59 Å². The van der Waals surface area contributed by atoms with E-state index in [-0.39, 0.29) is 11.7 Å². The normalized spacial score (nSPS) is 34.7. The van der Waals surface area contributed by atoms with E-state index in [0.717, 1.165) is 6.42 Å². The molecule has 0 heterocycles. The fourth-order valence-electron chi connectivity index (χ4n) is 4.27.